The monoisotopic (exact) mass is 289 g/mol. The van der Waals surface area contributed by atoms with E-state index in [1.807, 2.05) is 12.1 Å². The van der Waals surface area contributed by atoms with E-state index in [2.05, 4.69) is 13.0 Å². The summed E-state index contributed by atoms with van der Waals surface area (Å²) in [7, 11) is 1.69. The Hall–Kier alpha value is -1.22. The molecule has 116 valence electrons. The van der Waals surface area contributed by atoms with Crippen LogP contribution in [0.1, 0.15) is 63.5 Å². The standard InChI is InChI=1S/C18H27NO2/c1-3-13-5-4-9-18(10-8-13)12-16(19)15-7-6-14(20-2)11-17(15)21-18/h6-7,11,13,16H,3-5,8-10,12,19H2,1-2H3/t13?,16-,18?/m0/s1. The second kappa shape index (κ2) is 5.88. The predicted octanol–water partition coefficient (Wildman–Crippen LogP) is 4.21. The second-order valence-corrected chi connectivity index (χ2v) is 6.70. The molecule has 1 saturated carbocycles. The van der Waals surface area contributed by atoms with E-state index in [-0.39, 0.29) is 11.6 Å². The van der Waals surface area contributed by atoms with E-state index in [9.17, 15) is 0 Å². The molecule has 2 aliphatic rings. The zero-order valence-corrected chi connectivity index (χ0v) is 13.2. The molecular formula is C18H27NO2. The first-order chi connectivity index (χ1) is 10.2. The second-order valence-electron chi connectivity index (χ2n) is 6.70. The molecule has 3 heteroatoms. The Balaban J connectivity index is 1.86. The lowest BCUT2D eigenvalue weighted by atomic mass is 9.82. The van der Waals surface area contributed by atoms with Crippen LogP contribution in [0, 0.1) is 5.92 Å². The van der Waals surface area contributed by atoms with Crippen molar-refractivity contribution >= 4 is 0 Å². The van der Waals surface area contributed by atoms with Crippen molar-refractivity contribution in [3.8, 4) is 11.5 Å². The van der Waals surface area contributed by atoms with Crippen molar-refractivity contribution in [1.29, 1.82) is 0 Å². The van der Waals surface area contributed by atoms with Gasteiger partial charge in [0.2, 0.25) is 0 Å². The third-order valence-corrected chi connectivity index (χ3v) is 5.37. The lowest BCUT2D eigenvalue weighted by molar-refractivity contribution is 0.0201. The lowest BCUT2D eigenvalue weighted by Crippen LogP contribution is -2.42. The molecule has 0 aromatic heterocycles. The summed E-state index contributed by atoms with van der Waals surface area (Å²) in [4.78, 5) is 0. The van der Waals surface area contributed by atoms with E-state index in [1.54, 1.807) is 7.11 Å². The van der Waals surface area contributed by atoms with E-state index < -0.39 is 0 Å². The number of hydrogen-bond acceptors (Lipinski definition) is 3. The Morgan fingerprint density at radius 2 is 2.19 bits per heavy atom. The minimum Gasteiger partial charge on any atom is -0.497 e. The number of nitrogens with two attached hydrogens (primary N) is 1. The van der Waals surface area contributed by atoms with E-state index in [4.69, 9.17) is 15.2 Å². The Bertz CT molecular complexity index is 502. The van der Waals surface area contributed by atoms with Gasteiger partial charge < -0.3 is 15.2 Å². The maximum atomic E-state index is 6.49. The van der Waals surface area contributed by atoms with Gasteiger partial charge in [-0.05, 0) is 37.7 Å². The van der Waals surface area contributed by atoms with E-state index in [0.29, 0.717) is 0 Å². The van der Waals surface area contributed by atoms with E-state index in [0.717, 1.165) is 42.2 Å². The summed E-state index contributed by atoms with van der Waals surface area (Å²) in [5, 5.41) is 0. The smallest absolute Gasteiger partial charge is 0.128 e. The summed E-state index contributed by atoms with van der Waals surface area (Å²) in [5.41, 5.74) is 7.51. The molecule has 1 aliphatic carbocycles. The van der Waals surface area contributed by atoms with Gasteiger partial charge in [-0.25, -0.2) is 0 Å². The molecule has 0 bridgehead atoms. The van der Waals surface area contributed by atoms with Crippen molar-refractivity contribution in [2.45, 2.75) is 63.5 Å². The van der Waals surface area contributed by atoms with Gasteiger partial charge in [-0.15, -0.1) is 0 Å². The maximum Gasteiger partial charge on any atom is 0.128 e. The van der Waals surface area contributed by atoms with Crippen molar-refractivity contribution in [3.05, 3.63) is 23.8 Å². The quantitative estimate of drug-likeness (QED) is 0.887. The largest absolute Gasteiger partial charge is 0.497 e. The average molecular weight is 289 g/mol. The van der Waals surface area contributed by atoms with Crippen molar-refractivity contribution in [1.82, 2.24) is 0 Å². The number of rotatable bonds is 2. The van der Waals surface area contributed by atoms with Crippen LogP contribution >= 0.6 is 0 Å². The fourth-order valence-corrected chi connectivity index (χ4v) is 3.99. The molecule has 21 heavy (non-hydrogen) atoms. The fourth-order valence-electron chi connectivity index (χ4n) is 3.99. The normalized spacial score (nSPS) is 32.1. The lowest BCUT2D eigenvalue weighted by Gasteiger charge is -2.41. The Kier molecular flexibility index (Phi) is 4.12. The summed E-state index contributed by atoms with van der Waals surface area (Å²) in [6.45, 7) is 2.30. The van der Waals surface area contributed by atoms with Crippen molar-refractivity contribution in [2.75, 3.05) is 7.11 Å². The Morgan fingerprint density at radius 3 is 2.95 bits per heavy atom. The van der Waals surface area contributed by atoms with Crippen LogP contribution in [0.3, 0.4) is 0 Å². The molecule has 1 fully saturated rings. The third-order valence-electron chi connectivity index (χ3n) is 5.37. The van der Waals surface area contributed by atoms with E-state index in [1.165, 1.54) is 25.7 Å². The van der Waals surface area contributed by atoms with Crippen LogP contribution < -0.4 is 15.2 Å². The first kappa shape index (κ1) is 14.7. The van der Waals surface area contributed by atoms with Crippen LogP contribution in [-0.2, 0) is 0 Å². The van der Waals surface area contributed by atoms with Gasteiger partial charge in [-0.2, -0.15) is 0 Å². The molecule has 2 N–H and O–H groups in total. The topological polar surface area (TPSA) is 44.5 Å². The molecule has 3 rings (SSSR count). The SMILES string of the molecule is CCC1CCCC2(CC1)C[C@H](N)c1ccc(OC)cc1O2. The summed E-state index contributed by atoms with van der Waals surface area (Å²) < 4.78 is 11.8. The Labute approximate surface area is 127 Å². The highest BCUT2D eigenvalue weighted by Crippen LogP contribution is 2.46. The summed E-state index contributed by atoms with van der Waals surface area (Å²) in [5.74, 6) is 2.64. The zero-order chi connectivity index (χ0) is 14.9. The first-order valence-corrected chi connectivity index (χ1v) is 8.28. The van der Waals surface area contributed by atoms with Crippen LogP contribution in [0.4, 0.5) is 0 Å². The highest BCUT2D eigenvalue weighted by Gasteiger charge is 2.41. The fraction of sp³-hybridized carbons (Fsp3) is 0.667. The molecule has 1 spiro atoms. The van der Waals surface area contributed by atoms with Crippen molar-refractivity contribution in [3.63, 3.8) is 0 Å². The molecule has 3 atom stereocenters. The number of benzene rings is 1. The number of ether oxygens (including phenoxy) is 2. The van der Waals surface area contributed by atoms with Gasteiger partial charge in [0.15, 0.2) is 0 Å². The number of fused-ring (bicyclic) bond motifs is 1. The van der Waals surface area contributed by atoms with Crippen LogP contribution in [0.5, 0.6) is 11.5 Å². The van der Waals surface area contributed by atoms with Gasteiger partial charge in [0.25, 0.3) is 0 Å². The summed E-state index contributed by atoms with van der Waals surface area (Å²) >= 11 is 0. The van der Waals surface area contributed by atoms with Crippen molar-refractivity contribution in [2.24, 2.45) is 11.7 Å². The molecule has 2 unspecified atom stereocenters. The molecule has 0 amide bonds. The van der Waals surface area contributed by atoms with Crippen LogP contribution in [0.15, 0.2) is 18.2 Å². The van der Waals surface area contributed by atoms with Gasteiger partial charge in [0, 0.05) is 24.1 Å². The summed E-state index contributed by atoms with van der Waals surface area (Å²) in [6.07, 6.45) is 8.36. The molecule has 1 aromatic carbocycles. The average Bonchev–Trinajstić information content (AvgIpc) is 2.69. The highest BCUT2D eigenvalue weighted by molar-refractivity contribution is 5.44. The van der Waals surface area contributed by atoms with Crippen molar-refractivity contribution < 1.29 is 9.47 Å². The van der Waals surface area contributed by atoms with Gasteiger partial charge in [0.05, 0.1) is 7.11 Å². The van der Waals surface area contributed by atoms with Crippen LogP contribution in [0.2, 0.25) is 0 Å². The molecule has 3 nitrogen and oxygen atoms in total. The van der Waals surface area contributed by atoms with Gasteiger partial charge in [-0.1, -0.05) is 25.8 Å². The number of hydrogen-bond donors (Lipinski definition) is 1. The molecule has 1 aliphatic heterocycles. The van der Waals surface area contributed by atoms with E-state index >= 15 is 0 Å². The maximum absolute atomic E-state index is 6.49. The minimum atomic E-state index is -0.0529. The van der Waals surface area contributed by atoms with Crippen LogP contribution in [-0.4, -0.2) is 12.7 Å². The summed E-state index contributed by atoms with van der Waals surface area (Å²) in [6, 6.07) is 6.10. The third kappa shape index (κ3) is 2.89. The van der Waals surface area contributed by atoms with Gasteiger partial charge in [-0.3, -0.25) is 0 Å². The molecule has 0 radical (unpaired) electrons. The predicted molar refractivity (Wildman–Crippen MR) is 84.8 cm³/mol. The minimum absolute atomic E-state index is 0.0529. The van der Waals surface area contributed by atoms with Crippen LogP contribution in [0.25, 0.3) is 0 Å². The number of methoxy groups -OCH3 is 1. The molecule has 0 saturated heterocycles. The zero-order valence-electron chi connectivity index (χ0n) is 13.2. The first-order valence-electron chi connectivity index (χ1n) is 8.28. The van der Waals surface area contributed by atoms with Gasteiger partial charge >= 0.3 is 0 Å². The molecule has 1 heterocycles. The molecule has 1 aromatic rings. The Morgan fingerprint density at radius 1 is 1.33 bits per heavy atom. The molecular weight excluding hydrogens is 262 g/mol. The van der Waals surface area contributed by atoms with Gasteiger partial charge in [0.1, 0.15) is 17.1 Å². The highest BCUT2D eigenvalue weighted by atomic mass is 16.5.